The van der Waals surface area contributed by atoms with E-state index in [1.165, 1.54) is 73.2 Å². The predicted octanol–water partition coefficient (Wildman–Crippen LogP) is 11.7. The predicted molar refractivity (Wildman–Crippen MR) is 383 cm³/mol. The lowest BCUT2D eigenvalue weighted by molar-refractivity contribution is -0.384. The number of benzene rings is 3. The second kappa shape index (κ2) is 48.3. The maximum atomic E-state index is 12.8. The molecule has 8 N–H and O–H groups in total. The van der Waals surface area contributed by atoms with Crippen LogP contribution in [-0.4, -0.2) is 191 Å². The zero-order valence-electron chi connectivity index (χ0n) is 58.2. The lowest BCUT2D eigenvalue weighted by atomic mass is 9.97. The smallest absolute Gasteiger partial charge is 0.445 e. The molecule has 0 saturated carbocycles. The summed E-state index contributed by atoms with van der Waals surface area (Å²) in [5, 5.41) is 57.8. The lowest BCUT2D eigenvalue weighted by Gasteiger charge is -2.26. The minimum absolute atomic E-state index is 0.0278. The van der Waals surface area contributed by atoms with Gasteiger partial charge in [0.05, 0.1) is 46.7 Å². The van der Waals surface area contributed by atoms with Gasteiger partial charge in [0, 0.05) is 87.6 Å². The number of likely N-dealkylation sites (N-methyl/N-ethyl adjacent to an activating group) is 1. The molecule has 2 aliphatic heterocycles. The Hall–Kier alpha value is -7.57. The number of aromatic nitrogens is 3. The number of alkyl halides is 6. The highest BCUT2D eigenvalue weighted by atomic mass is 127. The number of allylic oxidation sites excluding steroid dienone is 1. The first kappa shape index (κ1) is 90.4. The number of piperidine rings is 2. The monoisotopic (exact) mass is 1560 g/mol. The van der Waals surface area contributed by atoms with Gasteiger partial charge in [-0.05, 0) is 133 Å². The van der Waals surface area contributed by atoms with E-state index in [0.717, 1.165) is 84.3 Å². The maximum Gasteiger partial charge on any atom is 0.445 e. The summed E-state index contributed by atoms with van der Waals surface area (Å²) >= 11 is 3.24. The number of hydrogen-bond acceptors (Lipinski definition) is 18. The van der Waals surface area contributed by atoms with Crippen molar-refractivity contribution in [2.75, 3.05) is 99.7 Å². The van der Waals surface area contributed by atoms with Gasteiger partial charge in [-0.25, -0.2) is 9.78 Å². The molecule has 33 heteroatoms. The number of nitrogens with one attached hydrogen (secondary N) is 5. The first-order chi connectivity index (χ1) is 46.9. The van der Waals surface area contributed by atoms with Crippen LogP contribution in [0.1, 0.15) is 126 Å². The van der Waals surface area contributed by atoms with Crippen LogP contribution in [0.5, 0.6) is 0 Å². The highest BCUT2D eigenvalue weighted by Gasteiger charge is 2.37. The van der Waals surface area contributed by atoms with E-state index in [-0.39, 0.29) is 92.5 Å². The summed E-state index contributed by atoms with van der Waals surface area (Å²) in [6.07, 6.45) is -0.0423. The fourth-order valence-electron chi connectivity index (χ4n) is 9.23. The molecule has 7 rings (SSSR count). The Balaban J connectivity index is 0.000000599. The van der Waals surface area contributed by atoms with Crippen molar-refractivity contribution in [1.82, 2.24) is 56.5 Å². The van der Waals surface area contributed by atoms with Gasteiger partial charge in [0.1, 0.15) is 15.7 Å². The van der Waals surface area contributed by atoms with Gasteiger partial charge in [0.2, 0.25) is 16.8 Å². The van der Waals surface area contributed by atoms with E-state index in [9.17, 15) is 70.0 Å². The number of nitrogens with zero attached hydrogens (tertiary/aromatic N) is 7. The van der Waals surface area contributed by atoms with Crippen molar-refractivity contribution < 1.29 is 80.1 Å². The van der Waals surface area contributed by atoms with Gasteiger partial charge >= 0.3 is 30.4 Å². The molecule has 2 saturated heterocycles. The van der Waals surface area contributed by atoms with E-state index in [1.54, 1.807) is 51.4 Å². The number of aryl methyl sites for hydroxylation is 4. The topological polar surface area (TPSA) is 332 Å². The minimum Gasteiger partial charge on any atom is -0.480 e. The number of aliphatic carboxylic acids is 2. The number of unbranched alkanes of at least 4 members (excludes halogenated alkanes) is 4. The number of hydrogen-bond donors (Lipinski definition) is 8. The molecule has 24 nitrogen and oxygen atoms in total. The Kier molecular flexibility index (Phi) is 43.7. The lowest BCUT2D eigenvalue weighted by Crippen LogP contribution is -2.44. The van der Waals surface area contributed by atoms with Gasteiger partial charge in [-0.1, -0.05) is 110 Å². The number of carbonyl (C=O) groups is 7. The summed E-state index contributed by atoms with van der Waals surface area (Å²) in [5.41, 5.74) is 5.56. The molecule has 0 spiro atoms. The number of nitro benzene ring substituents is 1. The molecular weight excluding hydrogens is 1470 g/mol. The highest BCUT2D eigenvalue weighted by molar-refractivity contribution is 14.1. The SMILES string of the molecule is C=C(C)c1ccccc1C.CC(=O)CN(CCN(CCN(C)C(=O)O)CC(=O)O)CC(=O)O.CCCCCCCNC(=O)c1cc([N+](=O)[O-])ccc1I.CNC(=O)C1CCCNC1.CNC(=O)C1CCNCC1.Cc1ccc(-c2nc(C)sc2C(F)(F)F)cc1.Cc1nnc(C(F)(F)F)s1. The number of carbonyl (C=O) groups excluding carboxylic acids is 4. The van der Waals surface area contributed by atoms with Gasteiger partial charge in [-0.3, -0.25) is 48.7 Å². The Morgan fingerprint density at radius 2 is 1.29 bits per heavy atom. The number of Topliss-reactive ketones (excluding diaryl/α,β-unsaturated/α-hetero) is 1. The number of nitro groups is 1. The molecule has 0 bridgehead atoms. The molecule has 2 fully saturated rings. The molecule has 2 aromatic heterocycles. The largest absolute Gasteiger partial charge is 0.480 e. The van der Waals surface area contributed by atoms with Crippen molar-refractivity contribution in [3.63, 3.8) is 0 Å². The average Bonchev–Trinajstić information content (AvgIpc) is 1.64. The fourth-order valence-corrected chi connectivity index (χ4v) is 11.2. The summed E-state index contributed by atoms with van der Waals surface area (Å²) in [5.74, 6) is -1.75. The third-order valence-corrected chi connectivity index (χ3v) is 17.3. The van der Waals surface area contributed by atoms with Gasteiger partial charge < -0.3 is 46.8 Å². The van der Waals surface area contributed by atoms with Gasteiger partial charge in [0.25, 0.3) is 11.6 Å². The molecule has 0 aliphatic carbocycles. The number of halogens is 7. The van der Waals surface area contributed by atoms with Crippen molar-refractivity contribution in [1.29, 1.82) is 0 Å². The minimum atomic E-state index is -4.34. The number of rotatable bonds is 24. The fraction of sp³-hybridized carbons (Fsp3) is 0.522. The maximum absolute atomic E-state index is 12.8. The third-order valence-electron chi connectivity index (χ3n) is 14.5. The van der Waals surface area contributed by atoms with E-state index in [4.69, 9.17) is 15.3 Å². The average molecular weight is 1570 g/mol. The second-order valence-electron chi connectivity index (χ2n) is 23.1. The quantitative estimate of drug-likeness (QED) is 0.00935. The van der Waals surface area contributed by atoms with E-state index in [2.05, 4.69) is 74.3 Å². The normalized spacial score (nSPS) is 13.3. The Morgan fingerprint density at radius 3 is 1.77 bits per heavy atom. The standard InChI is InChI=1S/C14H19IN2O3.C13H23N3O7.C12H10F3NS.C10H12.2C7H14N2O.C4H3F3N2S/c1-2-3-4-5-6-9-16-14(18)12-10-11(17(19)20)7-8-13(12)15;1-10(17)7-16(9-12(20)21)6-5-15(8-11(18)19)4-3-14(2)13(22)23;1-7-3-5-9(6-4-7)10-11(12(13,14)15)17-8(2)16-10;1-8(2)10-7-5-4-6-9(10)3;1-8-7(10)6-2-4-9-5-3-6;1-8-7(10)6-3-2-4-9-5-6;1-2-8-9-3(10-2)4(5,6)7/h7-8,10H,2-6,9H2,1H3,(H,16,18);3-9H2,1-2H3,(H,18,19)(H,20,21)(H,22,23);3-6H,1-2H3;4-7H,1H2,2-3H3;2*6,9H,2-5H2,1H3,(H,8,10);1H3. The van der Waals surface area contributed by atoms with Crippen LogP contribution in [0.3, 0.4) is 0 Å². The van der Waals surface area contributed by atoms with Crippen LogP contribution in [0.15, 0.2) is 73.3 Å². The number of non-ortho nitro benzene ring substituents is 1. The molecule has 5 aromatic rings. The third kappa shape index (κ3) is 38.3. The van der Waals surface area contributed by atoms with E-state index in [0.29, 0.717) is 50.4 Å². The molecule has 100 heavy (non-hydrogen) atoms. The van der Waals surface area contributed by atoms with Gasteiger partial charge in [0.15, 0.2) is 0 Å². The first-order valence-corrected chi connectivity index (χ1v) is 34.8. The number of ketones is 1. The second-order valence-corrected chi connectivity index (χ2v) is 26.6. The Labute approximate surface area is 601 Å². The van der Waals surface area contributed by atoms with Crippen molar-refractivity contribution in [2.24, 2.45) is 11.8 Å². The number of carboxylic acid groups (broad SMARTS) is 3. The highest BCUT2D eigenvalue weighted by Crippen LogP contribution is 2.41. The van der Waals surface area contributed by atoms with Crippen molar-refractivity contribution in [3.8, 4) is 11.3 Å². The van der Waals surface area contributed by atoms with Crippen LogP contribution in [0.25, 0.3) is 16.8 Å². The van der Waals surface area contributed by atoms with Crippen LogP contribution in [0.4, 0.5) is 36.8 Å². The van der Waals surface area contributed by atoms with E-state index in [1.807, 2.05) is 48.6 Å². The Morgan fingerprint density at radius 1 is 0.710 bits per heavy atom. The van der Waals surface area contributed by atoms with Crippen molar-refractivity contribution >= 4 is 98.1 Å². The number of carboxylic acids is 2. The molecule has 3 aromatic carbocycles. The van der Waals surface area contributed by atoms with Crippen LogP contribution in [0.2, 0.25) is 0 Å². The zero-order valence-corrected chi connectivity index (χ0v) is 62.0. The van der Waals surface area contributed by atoms with Crippen molar-refractivity contribution in [2.45, 2.75) is 119 Å². The summed E-state index contributed by atoms with van der Waals surface area (Å²) in [6.45, 7) is 21.0. The van der Waals surface area contributed by atoms with Crippen molar-refractivity contribution in [3.05, 3.63) is 129 Å². The van der Waals surface area contributed by atoms with Crippen LogP contribution in [0, 0.1) is 53.2 Å². The molecule has 4 amide bonds. The van der Waals surface area contributed by atoms with Crippen LogP contribution in [-0.2, 0) is 36.3 Å². The Bertz CT molecular complexity index is 3300. The number of amides is 4. The van der Waals surface area contributed by atoms with Gasteiger partial charge in [-0.2, -0.15) is 26.3 Å². The van der Waals surface area contributed by atoms with Crippen LogP contribution < -0.4 is 26.6 Å². The summed E-state index contributed by atoms with van der Waals surface area (Å²) in [7, 11) is 4.76. The molecule has 0 radical (unpaired) electrons. The van der Waals surface area contributed by atoms with E-state index >= 15 is 0 Å². The molecule has 2 aliphatic rings. The molecule has 1 unspecified atom stereocenters. The van der Waals surface area contributed by atoms with E-state index < -0.39 is 45.2 Å². The summed E-state index contributed by atoms with van der Waals surface area (Å²) < 4.78 is 74.2. The molecule has 1 atom stereocenters. The first-order valence-electron chi connectivity index (χ1n) is 32.0. The molecular formula is C67H95F6IN12O12S2. The number of thiazole rings is 1. The van der Waals surface area contributed by atoms with Gasteiger partial charge in [-0.15, -0.1) is 21.5 Å². The summed E-state index contributed by atoms with van der Waals surface area (Å²) in [4.78, 5) is 95.0. The summed E-state index contributed by atoms with van der Waals surface area (Å²) in [6, 6.07) is 19.5. The molecule has 4 heterocycles. The zero-order chi connectivity index (χ0) is 75.7. The molecule has 556 valence electrons. The van der Waals surface area contributed by atoms with Crippen LogP contribution >= 0.6 is 45.3 Å².